The lowest BCUT2D eigenvalue weighted by Gasteiger charge is -2.06. The fourth-order valence-electron chi connectivity index (χ4n) is 2.98. The molecule has 0 aliphatic rings. The number of tetrazole rings is 1. The maximum atomic E-state index is 12.6. The van der Waals surface area contributed by atoms with Crippen LogP contribution >= 0.6 is 11.8 Å². The first-order chi connectivity index (χ1) is 12.4. The zero-order valence-corrected chi connectivity index (χ0v) is 15.8. The van der Waals surface area contributed by atoms with Crippen LogP contribution in [-0.2, 0) is 0 Å². The van der Waals surface area contributed by atoms with Crippen LogP contribution in [0.2, 0.25) is 0 Å². The number of thioether (sulfide) groups is 1. The Bertz CT molecular complexity index is 989. The van der Waals surface area contributed by atoms with Gasteiger partial charge in [0.1, 0.15) is 0 Å². The number of nitrogens with one attached hydrogen (secondary N) is 1. The van der Waals surface area contributed by atoms with Gasteiger partial charge in [-0.05, 0) is 55.3 Å². The predicted molar refractivity (Wildman–Crippen MR) is 99.2 cm³/mol. The molecule has 0 atom stereocenters. The highest BCUT2D eigenvalue weighted by Crippen LogP contribution is 2.24. The average Bonchev–Trinajstić information content (AvgIpc) is 3.17. The van der Waals surface area contributed by atoms with Crippen LogP contribution in [0.25, 0.3) is 5.69 Å². The van der Waals surface area contributed by atoms with Gasteiger partial charge in [0.25, 0.3) is 0 Å². The molecule has 3 rings (SSSR count). The van der Waals surface area contributed by atoms with Gasteiger partial charge in [-0.3, -0.25) is 9.59 Å². The fourth-order valence-corrected chi connectivity index (χ4v) is 3.74. The van der Waals surface area contributed by atoms with Crippen molar-refractivity contribution in [2.24, 2.45) is 0 Å². The number of carbonyl (C=O) groups is 2. The number of aromatic amines is 1. The maximum absolute atomic E-state index is 12.6. The molecule has 1 N–H and O–H groups in total. The van der Waals surface area contributed by atoms with Crippen LogP contribution in [-0.4, -0.2) is 42.5 Å². The van der Waals surface area contributed by atoms with E-state index in [1.807, 2.05) is 31.2 Å². The Morgan fingerprint density at radius 3 is 2.58 bits per heavy atom. The van der Waals surface area contributed by atoms with Crippen molar-refractivity contribution in [1.82, 2.24) is 25.2 Å². The van der Waals surface area contributed by atoms with Gasteiger partial charge < -0.3 is 4.98 Å². The number of aryl methyl sites for hydroxylation is 2. The van der Waals surface area contributed by atoms with Crippen molar-refractivity contribution in [2.45, 2.75) is 32.9 Å². The third-order valence-electron chi connectivity index (χ3n) is 4.19. The minimum atomic E-state index is -0.0950. The second-order valence-corrected chi connectivity index (χ2v) is 7.00. The summed E-state index contributed by atoms with van der Waals surface area (Å²) in [6, 6.07) is 7.76. The number of ketones is 2. The van der Waals surface area contributed by atoms with E-state index in [0.29, 0.717) is 27.7 Å². The number of aromatic nitrogens is 5. The zero-order chi connectivity index (χ0) is 18.8. The lowest BCUT2D eigenvalue weighted by atomic mass is 10.1. The average molecular weight is 369 g/mol. The molecule has 8 heteroatoms. The molecule has 26 heavy (non-hydrogen) atoms. The van der Waals surface area contributed by atoms with Crippen molar-refractivity contribution in [3.8, 4) is 5.69 Å². The summed E-state index contributed by atoms with van der Waals surface area (Å²) in [6.45, 7) is 7.06. The number of para-hydroxylation sites is 1. The van der Waals surface area contributed by atoms with Crippen LogP contribution in [0.15, 0.2) is 29.4 Å². The van der Waals surface area contributed by atoms with Gasteiger partial charge in [0, 0.05) is 11.3 Å². The SMILES string of the molecule is CC(=O)c1c(C)[nH]c(C(=O)CSc2nnnn2-c2ccccc2C)c1C. The van der Waals surface area contributed by atoms with Gasteiger partial charge in [0.15, 0.2) is 11.6 Å². The molecule has 2 aromatic heterocycles. The number of hydrogen-bond acceptors (Lipinski definition) is 6. The van der Waals surface area contributed by atoms with Crippen molar-refractivity contribution in [1.29, 1.82) is 0 Å². The number of H-pyrrole nitrogens is 1. The molecule has 7 nitrogen and oxygen atoms in total. The van der Waals surface area contributed by atoms with Gasteiger partial charge >= 0.3 is 0 Å². The normalized spacial score (nSPS) is 10.9. The van der Waals surface area contributed by atoms with Crippen LogP contribution in [0.4, 0.5) is 0 Å². The molecule has 0 bridgehead atoms. The third kappa shape index (κ3) is 3.32. The standard InChI is InChI=1S/C18H19N5O2S/c1-10-7-5-6-8-14(10)23-18(20-21-22-23)26-9-15(25)17-11(2)16(13(4)24)12(3)19-17/h5-8,19H,9H2,1-4H3. The molecule has 0 saturated carbocycles. The second-order valence-electron chi connectivity index (χ2n) is 6.05. The maximum Gasteiger partial charge on any atom is 0.214 e. The van der Waals surface area contributed by atoms with Crippen molar-refractivity contribution in [3.05, 3.63) is 52.3 Å². The van der Waals surface area contributed by atoms with Crippen LogP contribution in [0.3, 0.4) is 0 Å². The fraction of sp³-hybridized carbons (Fsp3) is 0.278. The summed E-state index contributed by atoms with van der Waals surface area (Å²) in [7, 11) is 0. The van der Waals surface area contributed by atoms with Crippen molar-refractivity contribution >= 4 is 23.3 Å². The smallest absolute Gasteiger partial charge is 0.214 e. The summed E-state index contributed by atoms with van der Waals surface area (Å²) in [5.74, 6) is 0.0265. The lowest BCUT2D eigenvalue weighted by Crippen LogP contribution is -2.07. The molecule has 0 unspecified atom stereocenters. The van der Waals surface area contributed by atoms with E-state index < -0.39 is 0 Å². The first kappa shape index (κ1) is 18.1. The molecule has 0 saturated heterocycles. The summed E-state index contributed by atoms with van der Waals surface area (Å²) < 4.78 is 1.63. The Hall–Kier alpha value is -2.74. The monoisotopic (exact) mass is 369 g/mol. The molecule has 134 valence electrons. The largest absolute Gasteiger partial charge is 0.355 e. The summed E-state index contributed by atoms with van der Waals surface area (Å²) in [6.07, 6.45) is 0. The summed E-state index contributed by atoms with van der Waals surface area (Å²) >= 11 is 1.26. The van der Waals surface area contributed by atoms with Gasteiger partial charge in [-0.25, -0.2) is 0 Å². The minimum Gasteiger partial charge on any atom is -0.355 e. The van der Waals surface area contributed by atoms with Crippen molar-refractivity contribution in [2.75, 3.05) is 5.75 Å². The molecule has 0 fully saturated rings. The molecular weight excluding hydrogens is 350 g/mol. The van der Waals surface area contributed by atoms with E-state index in [1.54, 1.807) is 18.5 Å². The highest BCUT2D eigenvalue weighted by atomic mass is 32.2. The number of Topliss-reactive ketones (excluding diaryl/α,β-unsaturated/α-hetero) is 2. The Balaban J connectivity index is 1.80. The Morgan fingerprint density at radius 2 is 1.92 bits per heavy atom. The molecule has 0 spiro atoms. The zero-order valence-electron chi connectivity index (χ0n) is 15.0. The third-order valence-corrected chi connectivity index (χ3v) is 5.10. The Kier molecular flexibility index (Phi) is 5.03. The number of hydrogen-bond donors (Lipinski definition) is 1. The molecule has 0 amide bonds. The van der Waals surface area contributed by atoms with E-state index in [0.717, 1.165) is 11.3 Å². The van der Waals surface area contributed by atoms with Crippen molar-refractivity contribution < 1.29 is 9.59 Å². The van der Waals surface area contributed by atoms with E-state index in [4.69, 9.17) is 0 Å². The topological polar surface area (TPSA) is 93.5 Å². The van der Waals surface area contributed by atoms with E-state index in [-0.39, 0.29) is 17.3 Å². The molecule has 0 aliphatic carbocycles. The quantitative estimate of drug-likeness (QED) is 0.530. The van der Waals surface area contributed by atoms with Gasteiger partial charge in [-0.1, -0.05) is 30.0 Å². The predicted octanol–water partition coefficient (Wildman–Crippen LogP) is 3.09. The van der Waals surface area contributed by atoms with Crippen LogP contribution in [0.5, 0.6) is 0 Å². The Morgan fingerprint density at radius 1 is 1.19 bits per heavy atom. The highest BCUT2D eigenvalue weighted by molar-refractivity contribution is 7.99. The van der Waals surface area contributed by atoms with E-state index in [1.165, 1.54) is 18.7 Å². The van der Waals surface area contributed by atoms with Gasteiger partial charge in [0.2, 0.25) is 5.16 Å². The minimum absolute atomic E-state index is 0.0496. The summed E-state index contributed by atoms with van der Waals surface area (Å²) in [5.41, 5.74) is 4.37. The Labute approximate surface area is 155 Å². The van der Waals surface area contributed by atoms with Gasteiger partial charge in [0.05, 0.1) is 17.1 Å². The lowest BCUT2D eigenvalue weighted by molar-refractivity contribution is 0.101. The summed E-state index contributed by atoms with van der Waals surface area (Å²) in [4.78, 5) is 27.4. The van der Waals surface area contributed by atoms with Crippen LogP contribution < -0.4 is 0 Å². The molecular formula is C18H19N5O2S. The van der Waals surface area contributed by atoms with E-state index in [9.17, 15) is 9.59 Å². The molecule has 0 aliphatic heterocycles. The first-order valence-corrected chi connectivity index (χ1v) is 9.09. The highest BCUT2D eigenvalue weighted by Gasteiger charge is 2.21. The second kappa shape index (κ2) is 7.25. The molecule has 1 aromatic carbocycles. The van der Waals surface area contributed by atoms with Crippen LogP contribution in [0.1, 0.15) is 44.6 Å². The van der Waals surface area contributed by atoms with Gasteiger partial charge in [-0.2, -0.15) is 4.68 Å². The summed E-state index contributed by atoms with van der Waals surface area (Å²) in [5, 5.41) is 12.3. The number of rotatable bonds is 6. The number of nitrogens with zero attached hydrogens (tertiary/aromatic N) is 4. The molecule has 2 heterocycles. The number of benzene rings is 1. The molecule has 0 radical (unpaired) electrons. The van der Waals surface area contributed by atoms with Gasteiger partial charge in [-0.15, -0.1) is 5.10 Å². The van der Waals surface area contributed by atoms with E-state index >= 15 is 0 Å². The van der Waals surface area contributed by atoms with E-state index in [2.05, 4.69) is 20.5 Å². The van der Waals surface area contributed by atoms with Crippen LogP contribution in [0, 0.1) is 20.8 Å². The number of carbonyl (C=O) groups excluding carboxylic acids is 2. The van der Waals surface area contributed by atoms with Crippen molar-refractivity contribution in [3.63, 3.8) is 0 Å². The first-order valence-electron chi connectivity index (χ1n) is 8.10. The molecule has 3 aromatic rings.